The zero-order chi connectivity index (χ0) is 11.4. The Morgan fingerprint density at radius 2 is 2.00 bits per heavy atom. The maximum atomic E-state index is 9.30. The fourth-order valence-corrected chi connectivity index (χ4v) is 2.38. The van der Waals surface area contributed by atoms with Crippen LogP contribution in [-0.2, 0) is 4.74 Å². The van der Waals surface area contributed by atoms with Crippen LogP contribution in [0.2, 0.25) is 0 Å². The zero-order valence-electron chi connectivity index (χ0n) is 8.90. The Bertz CT molecular complexity index is 396. The molecule has 0 N–H and O–H groups in total. The van der Waals surface area contributed by atoms with E-state index < -0.39 is 0 Å². The summed E-state index contributed by atoms with van der Waals surface area (Å²) in [5.41, 5.74) is 1.03. The number of halogens is 1. The van der Waals surface area contributed by atoms with Crippen LogP contribution in [0.15, 0.2) is 28.7 Å². The minimum absolute atomic E-state index is 0.181. The van der Waals surface area contributed by atoms with Gasteiger partial charge in [0, 0.05) is 17.6 Å². The van der Waals surface area contributed by atoms with E-state index in [2.05, 4.69) is 26.9 Å². The number of ether oxygens (including phenoxy) is 1. The first-order valence-electron chi connectivity index (χ1n) is 5.29. The highest BCUT2D eigenvalue weighted by Gasteiger charge is 2.23. The highest BCUT2D eigenvalue weighted by molar-refractivity contribution is 9.10. The van der Waals surface area contributed by atoms with Gasteiger partial charge in [0.05, 0.1) is 19.3 Å². The van der Waals surface area contributed by atoms with E-state index in [-0.39, 0.29) is 6.04 Å². The number of morpholine rings is 1. The molecule has 1 unspecified atom stereocenters. The standard InChI is InChI=1S/C12H13BrN2O/c13-11-4-2-1-3-10(11)12(9-14)15-5-7-16-8-6-15/h1-4,12H,5-8H2. The Balaban J connectivity index is 2.22. The SMILES string of the molecule is N#CC(c1ccccc1Br)N1CCOCC1. The second kappa shape index (κ2) is 5.44. The molecule has 1 aromatic carbocycles. The number of nitriles is 1. The van der Waals surface area contributed by atoms with Crippen molar-refractivity contribution in [3.05, 3.63) is 34.3 Å². The Hall–Kier alpha value is -0.890. The first-order chi connectivity index (χ1) is 7.83. The first kappa shape index (κ1) is 11.6. The van der Waals surface area contributed by atoms with Gasteiger partial charge in [-0.25, -0.2) is 0 Å². The van der Waals surface area contributed by atoms with E-state index in [1.54, 1.807) is 0 Å². The van der Waals surface area contributed by atoms with Crippen LogP contribution in [0.3, 0.4) is 0 Å². The van der Waals surface area contributed by atoms with Crippen molar-refractivity contribution < 1.29 is 4.74 Å². The van der Waals surface area contributed by atoms with Crippen LogP contribution in [0.4, 0.5) is 0 Å². The van der Waals surface area contributed by atoms with Crippen molar-refractivity contribution in [3.63, 3.8) is 0 Å². The van der Waals surface area contributed by atoms with E-state index in [0.29, 0.717) is 13.2 Å². The van der Waals surface area contributed by atoms with Gasteiger partial charge in [-0.3, -0.25) is 4.90 Å². The lowest BCUT2D eigenvalue weighted by Crippen LogP contribution is -2.38. The van der Waals surface area contributed by atoms with Crippen molar-refractivity contribution in [2.45, 2.75) is 6.04 Å². The van der Waals surface area contributed by atoms with E-state index in [1.807, 2.05) is 24.3 Å². The molecule has 84 valence electrons. The molecule has 1 atom stereocenters. The molecule has 4 heteroatoms. The summed E-state index contributed by atoms with van der Waals surface area (Å²) < 4.78 is 6.29. The first-order valence-corrected chi connectivity index (χ1v) is 6.08. The highest BCUT2D eigenvalue weighted by Crippen LogP contribution is 2.27. The molecule has 1 saturated heterocycles. The van der Waals surface area contributed by atoms with Gasteiger partial charge in [0.1, 0.15) is 6.04 Å². The molecule has 1 aromatic rings. The Morgan fingerprint density at radius 3 is 2.62 bits per heavy atom. The second-order valence-electron chi connectivity index (χ2n) is 3.70. The third-order valence-electron chi connectivity index (χ3n) is 2.73. The molecule has 0 bridgehead atoms. The van der Waals surface area contributed by atoms with Crippen LogP contribution in [0.5, 0.6) is 0 Å². The molecule has 0 amide bonds. The summed E-state index contributed by atoms with van der Waals surface area (Å²) in [7, 11) is 0. The van der Waals surface area contributed by atoms with Crippen LogP contribution >= 0.6 is 15.9 Å². The smallest absolute Gasteiger partial charge is 0.125 e. The van der Waals surface area contributed by atoms with E-state index in [4.69, 9.17) is 4.74 Å². The van der Waals surface area contributed by atoms with E-state index >= 15 is 0 Å². The van der Waals surface area contributed by atoms with Crippen molar-refractivity contribution in [2.75, 3.05) is 26.3 Å². The van der Waals surface area contributed by atoms with Crippen LogP contribution < -0.4 is 0 Å². The van der Waals surface area contributed by atoms with Gasteiger partial charge in [-0.2, -0.15) is 5.26 Å². The molecule has 1 fully saturated rings. The molecule has 0 spiro atoms. The van der Waals surface area contributed by atoms with Crippen LogP contribution in [0.25, 0.3) is 0 Å². The number of hydrogen-bond donors (Lipinski definition) is 0. The summed E-state index contributed by atoms with van der Waals surface area (Å²) in [5.74, 6) is 0. The molecule has 16 heavy (non-hydrogen) atoms. The summed E-state index contributed by atoms with van der Waals surface area (Å²) in [6.45, 7) is 3.06. The van der Waals surface area contributed by atoms with Crippen molar-refractivity contribution >= 4 is 15.9 Å². The summed E-state index contributed by atoms with van der Waals surface area (Å²) in [5, 5.41) is 9.30. The third kappa shape index (κ3) is 2.43. The van der Waals surface area contributed by atoms with Crippen molar-refractivity contribution in [1.29, 1.82) is 5.26 Å². The van der Waals surface area contributed by atoms with Crippen LogP contribution in [-0.4, -0.2) is 31.2 Å². The number of rotatable bonds is 2. The Kier molecular flexibility index (Phi) is 3.94. The summed E-state index contributed by atoms with van der Waals surface area (Å²) in [6.07, 6.45) is 0. The fraction of sp³-hybridized carbons (Fsp3) is 0.417. The molecule has 0 radical (unpaired) electrons. The topological polar surface area (TPSA) is 36.3 Å². The third-order valence-corrected chi connectivity index (χ3v) is 3.46. The lowest BCUT2D eigenvalue weighted by atomic mass is 10.1. The van der Waals surface area contributed by atoms with Gasteiger partial charge >= 0.3 is 0 Å². The fourth-order valence-electron chi connectivity index (χ4n) is 1.88. The van der Waals surface area contributed by atoms with Crippen LogP contribution in [0.1, 0.15) is 11.6 Å². The molecule has 1 aliphatic heterocycles. The second-order valence-corrected chi connectivity index (χ2v) is 4.56. The Labute approximate surface area is 104 Å². The van der Waals surface area contributed by atoms with E-state index in [1.165, 1.54) is 0 Å². The lowest BCUT2D eigenvalue weighted by Gasteiger charge is -2.31. The molecule has 1 heterocycles. The van der Waals surface area contributed by atoms with Gasteiger partial charge in [-0.05, 0) is 11.6 Å². The quantitative estimate of drug-likeness (QED) is 0.835. The maximum Gasteiger partial charge on any atom is 0.125 e. The van der Waals surface area contributed by atoms with Crippen LogP contribution in [0, 0.1) is 11.3 Å². The van der Waals surface area contributed by atoms with Gasteiger partial charge in [-0.15, -0.1) is 0 Å². The molecule has 0 aromatic heterocycles. The molecular formula is C12H13BrN2O. The molecule has 0 aliphatic carbocycles. The van der Waals surface area contributed by atoms with E-state index in [9.17, 15) is 5.26 Å². The number of hydrogen-bond acceptors (Lipinski definition) is 3. The average molecular weight is 281 g/mol. The van der Waals surface area contributed by atoms with Gasteiger partial charge in [-0.1, -0.05) is 34.1 Å². The van der Waals surface area contributed by atoms with Crippen molar-refractivity contribution in [1.82, 2.24) is 4.90 Å². The van der Waals surface area contributed by atoms with Crippen molar-refractivity contribution in [3.8, 4) is 6.07 Å². The monoisotopic (exact) mass is 280 g/mol. The number of benzene rings is 1. The van der Waals surface area contributed by atoms with Gasteiger partial charge in [0.15, 0.2) is 0 Å². The van der Waals surface area contributed by atoms with Gasteiger partial charge in [0.2, 0.25) is 0 Å². The Morgan fingerprint density at radius 1 is 1.31 bits per heavy atom. The molecular weight excluding hydrogens is 268 g/mol. The normalized spacial score (nSPS) is 19.0. The predicted octanol–water partition coefficient (Wildman–Crippen LogP) is 2.35. The maximum absolute atomic E-state index is 9.30. The van der Waals surface area contributed by atoms with Gasteiger partial charge in [0.25, 0.3) is 0 Å². The minimum atomic E-state index is -0.181. The summed E-state index contributed by atoms with van der Waals surface area (Å²) in [4.78, 5) is 2.16. The number of nitrogens with zero attached hydrogens (tertiary/aromatic N) is 2. The van der Waals surface area contributed by atoms with Crippen molar-refractivity contribution in [2.24, 2.45) is 0 Å². The lowest BCUT2D eigenvalue weighted by molar-refractivity contribution is 0.0265. The highest BCUT2D eigenvalue weighted by atomic mass is 79.9. The molecule has 3 nitrogen and oxygen atoms in total. The average Bonchev–Trinajstić information content (AvgIpc) is 2.34. The minimum Gasteiger partial charge on any atom is -0.379 e. The molecule has 1 aliphatic rings. The largest absolute Gasteiger partial charge is 0.379 e. The summed E-state index contributed by atoms with van der Waals surface area (Å²) in [6, 6.07) is 10.1. The molecule has 0 saturated carbocycles. The summed E-state index contributed by atoms with van der Waals surface area (Å²) >= 11 is 3.50. The zero-order valence-corrected chi connectivity index (χ0v) is 10.5. The predicted molar refractivity (Wildman–Crippen MR) is 64.9 cm³/mol. The molecule has 2 rings (SSSR count). The van der Waals surface area contributed by atoms with Gasteiger partial charge < -0.3 is 4.74 Å². The van der Waals surface area contributed by atoms with E-state index in [0.717, 1.165) is 23.1 Å².